The third-order valence-corrected chi connectivity index (χ3v) is 3.98. The average molecular weight is 347 g/mol. The summed E-state index contributed by atoms with van der Waals surface area (Å²) in [5.74, 6) is 1.11. The second kappa shape index (κ2) is 9.02. The van der Waals surface area contributed by atoms with Crippen molar-refractivity contribution in [1.82, 2.24) is 10.2 Å². The summed E-state index contributed by atoms with van der Waals surface area (Å²) in [6.45, 7) is 6.95. The first-order valence-electron chi connectivity index (χ1n) is 7.87. The number of ether oxygens (including phenoxy) is 2. The van der Waals surface area contributed by atoms with Crippen LogP contribution in [0.4, 0.5) is 5.13 Å². The van der Waals surface area contributed by atoms with Crippen molar-refractivity contribution in [2.24, 2.45) is 0 Å². The quantitative estimate of drug-likeness (QED) is 0.739. The highest BCUT2D eigenvalue weighted by Gasteiger charge is 2.06. The molecule has 0 saturated heterocycles. The van der Waals surface area contributed by atoms with Crippen LogP contribution in [0.5, 0.6) is 11.5 Å². The molecular formula is C17H21N3O3S. The number of rotatable bonds is 8. The van der Waals surface area contributed by atoms with E-state index < -0.39 is 0 Å². The molecule has 6 nitrogen and oxygen atoms in total. The van der Waals surface area contributed by atoms with E-state index in [1.165, 1.54) is 17.4 Å². The summed E-state index contributed by atoms with van der Waals surface area (Å²) >= 11 is 1.37. The molecule has 0 fully saturated rings. The maximum atomic E-state index is 11.9. The van der Waals surface area contributed by atoms with E-state index in [1.54, 1.807) is 6.08 Å². The zero-order valence-corrected chi connectivity index (χ0v) is 14.9. The number of carbonyl (C=O) groups is 1. The lowest BCUT2D eigenvalue weighted by molar-refractivity contribution is -0.111. The highest BCUT2D eigenvalue weighted by atomic mass is 32.1. The third-order valence-electron chi connectivity index (χ3n) is 2.99. The van der Waals surface area contributed by atoms with Crippen LogP contribution in [0.3, 0.4) is 0 Å². The number of nitrogens with one attached hydrogen (secondary N) is 1. The third kappa shape index (κ3) is 5.06. The molecule has 0 unspecified atom stereocenters. The Morgan fingerprint density at radius 1 is 1.17 bits per heavy atom. The predicted octanol–water partition coefficient (Wildman–Crippen LogP) is 3.55. The zero-order chi connectivity index (χ0) is 17.4. The van der Waals surface area contributed by atoms with Gasteiger partial charge in [0.2, 0.25) is 11.0 Å². The molecule has 0 aliphatic carbocycles. The summed E-state index contributed by atoms with van der Waals surface area (Å²) in [5.41, 5.74) is 0.851. The number of nitrogens with zero attached hydrogens (tertiary/aromatic N) is 2. The number of anilines is 1. The van der Waals surface area contributed by atoms with E-state index in [-0.39, 0.29) is 5.91 Å². The smallest absolute Gasteiger partial charge is 0.250 e. The molecule has 0 spiro atoms. The largest absolute Gasteiger partial charge is 0.490 e. The minimum atomic E-state index is -0.249. The fourth-order valence-electron chi connectivity index (χ4n) is 1.94. The fourth-order valence-corrected chi connectivity index (χ4v) is 2.62. The lowest BCUT2D eigenvalue weighted by Crippen LogP contribution is -2.07. The zero-order valence-electron chi connectivity index (χ0n) is 14.0. The number of benzene rings is 1. The second-order valence-corrected chi connectivity index (χ2v) is 5.81. The van der Waals surface area contributed by atoms with Gasteiger partial charge in [-0.3, -0.25) is 10.1 Å². The van der Waals surface area contributed by atoms with Crippen LogP contribution in [-0.2, 0) is 11.2 Å². The number of carbonyl (C=O) groups excluding carboxylic acids is 1. The van der Waals surface area contributed by atoms with Crippen molar-refractivity contribution in [1.29, 1.82) is 0 Å². The molecule has 1 heterocycles. The van der Waals surface area contributed by atoms with E-state index in [2.05, 4.69) is 15.5 Å². The van der Waals surface area contributed by atoms with Crippen LogP contribution < -0.4 is 14.8 Å². The lowest BCUT2D eigenvalue weighted by Gasteiger charge is -2.11. The molecular weight excluding hydrogens is 326 g/mol. The van der Waals surface area contributed by atoms with Gasteiger partial charge in [-0.05, 0) is 44.0 Å². The van der Waals surface area contributed by atoms with E-state index >= 15 is 0 Å². The van der Waals surface area contributed by atoms with E-state index in [0.29, 0.717) is 29.8 Å². The van der Waals surface area contributed by atoms with Gasteiger partial charge in [-0.2, -0.15) is 0 Å². The molecule has 128 valence electrons. The van der Waals surface area contributed by atoms with Gasteiger partial charge in [-0.25, -0.2) is 0 Å². The Kier molecular flexibility index (Phi) is 6.74. The molecule has 0 bridgehead atoms. The Hall–Kier alpha value is -2.41. The Morgan fingerprint density at radius 2 is 1.92 bits per heavy atom. The van der Waals surface area contributed by atoms with Crippen LogP contribution in [-0.4, -0.2) is 29.3 Å². The Bertz CT molecular complexity index is 713. The van der Waals surface area contributed by atoms with Crippen LogP contribution >= 0.6 is 11.3 Å². The average Bonchev–Trinajstić information content (AvgIpc) is 3.03. The summed E-state index contributed by atoms with van der Waals surface area (Å²) in [6.07, 6.45) is 3.98. The van der Waals surface area contributed by atoms with Gasteiger partial charge in [0.05, 0.1) is 13.2 Å². The summed E-state index contributed by atoms with van der Waals surface area (Å²) in [6, 6.07) is 5.56. The minimum absolute atomic E-state index is 0.249. The first kappa shape index (κ1) is 17.9. The molecule has 1 aromatic heterocycles. The molecule has 0 saturated carbocycles. The molecule has 1 amide bonds. The highest BCUT2D eigenvalue weighted by Crippen LogP contribution is 2.29. The van der Waals surface area contributed by atoms with E-state index in [1.807, 2.05) is 39.0 Å². The summed E-state index contributed by atoms with van der Waals surface area (Å²) in [7, 11) is 0. The molecule has 7 heteroatoms. The van der Waals surface area contributed by atoms with Crippen LogP contribution in [0.1, 0.15) is 31.3 Å². The Balaban J connectivity index is 2.04. The molecule has 2 aromatic rings. The van der Waals surface area contributed by atoms with Gasteiger partial charge < -0.3 is 9.47 Å². The maximum Gasteiger partial charge on any atom is 0.250 e. The molecule has 0 radical (unpaired) electrons. The minimum Gasteiger partial charge on any atom is -0.490 e. The lowest BCUT2D eigenvalue weighted by atomic mass is 10.2. The van der Waals surface area contributed by atoms with Gasteiger partial charge in [-0.15, -0.1) is 10.2 Å². The molecule has 0 atom stereocenters. The van der Waals surface area contributed by atoms with Gasteiger partial charge in [-0.1, -0.05) is 24.3 Å². The Morgan fingerprint density at radius 3 is 2.58 bits per heavy atom. The van der Waals surface area contributed by atoms with Gasteiger partial charge in [0.15, 0.2) is 11.5 Å². The number of hydrogen-bond donors (Lipinski definition) is 1. The fraction of sp³-hybridized carbons (Fsp3) is 0.353. The van der Waals surface area contributed by atoms with E-state index in [0.717, 1.165) is 17.0 Å². The topological polar surface area (TPSA) is 73.3 Å². The molecule has 0 aliphatic heterocycles. The Labute approximate surface area is 145 Å². The molecule has 1 aromatic carbocycles. The molecule has 2 rings (SSSR count). The normalized spacial score (nSPS) is 10.8. The first-order valence-corrected chi connectivity index (χ1v) is 8.69. The first-order chi connectivity index (χ1) is 11.7. The SMILES string of the molecule is CCOc1ccc(/C=C/C(=O)Nc2nnc(CC)s2)cc1OCC. The van der Waals surface area contributed by atoms with Gasteiger partial charge >= 0.3 is 0 Å². The van der Waals surface area contributed by atoms with Crippen molar-refractivity contribution in [3.8, 4) is 11.5 Å². The van der Waals surface area contributed by atoms with Gasteiger partial charge in [0.1, 0.15) is 5.01 Å². The van der Waals surface area contributed by atoms with Crippen LogP contribution in [0.25, 0.3) is 6.08 Å². The molecule has 0 aliphatic rings. The van der Waals surface area contributed by atoms with Crippen LogP contribution in [0.15, 0.2) is 24.3 Å². The summed E-state index contributed by atoms with van der Waals surface area (Å²) in [4.78, 5) is 11.9. The number of aromatic nitrogens is 2. The predicted molar refractivity (Wildman–Crippen MR) is 95.7 cm³/mol. The van der Waals surface area contributed by atoms with Crippen LogP contribution in [0.2, 0.25) is 0 Å². The van der Waals surface area contributed by atoms with Gasteiger partial charge in [0, 0.05) is 6.08 Å². The second-order valence-electron chi connectivity index (χ2n) is 4.75. The summed E-state index contributed by atoms with van der Waals surface area (Å²) in [5, 5.41) is 12.0. The van der Waals surface area contributed by atoms with E-state index in [4.69, 9.17) is 9.47 Å². The monoisotopic (exact) mass is 347 g/mol. The highest BCUT2D eigenvalue weighted by molar-refractivity contribution is 7.15. The van der Waals surface area contributed by atoms with Crippen LogP contribution in [0, 0.1) is 0 Å². The van der Waals surface area contributed by atoms with Gasteiger partial charge in [0.25, 0.3) is 0 Å². The van der Waals surface area contributed by atoms with Crippen molar-refractivity contribution >= 4 is 28.5 Å². The van der Waals surface area contributed by atoms with Crippen molar-refractivity contribution in [2.45, 2.75) is 27.2 Å². The maximum absolute atomic E-state index is 11.9. The van der Waals surface area contributed by atoms with Crippen molar-refractivity contribution in [3.05, 3.63) is 34.8 Å². The van der Waals surface area contributed by atoms with Crippen molar-refractivity contribution in [2.75, 3.05) is 18.5 Å². The van der Waals surface area contributed by atoms with Crippen molar-refractivity contribution in [3.63, 3.8) is 0 Å². The molecule has 1 N–H and O–H groups in total. The number of amides is 1. The standard InChI is InChI=1S/C17H21N3O3S/c1-4-16-19-20-17(24-16)18-15(21)10-8-12-7-9-13(22-5-2)14(11-12)23-6-3/h7-11H,4-6H2,1-3H3,(H,18,20,21)/b10-8+. The summed E-state index contributed by atoms with van der Waals surface area (Å²) < 4.78 is 11.1. The number of hydrogen-bond acceptors (Lipinski definition) is 6. The molecule has 24 heavy (non-hydrogen) atoms. The van der Waals surface area contributed by atoms with E-state index in [9.17, 15) is 4.79 Å². The van der Waals surface area contributed by atoms with Crippen molar-refractivity contribution < 1.29 is 14.3 Å². The number of aryl methyl sites for hydroxylation is 1.